The summed E-state index contributed by atoms with van der Waals surface area (Å²) in [6, 6.07) is 4.17. The van der Waals surface area contributed by atoms with Gasteiger partial charge in [-0.2, -0.15) is 4.31 Å². The SMILES string of the molecule is Cc1c(C(=O)O)cccc1S(=O)(=O)N1CCOC(CO)C1. The summed E-state index contributed by atoms with van der Waals surface area (Å²) in [4.78, 5) is 11.1. The van der Waals surface area contributed by atoms with Gasteiger partial charge in [-0.1, -0.05) is 6.07 Å². The van der Waals surface area contributed by atoms with Crippen LogP contribution in [0.25, 0.3) is 0 Å². The lowest BCUT2D eigenvalue weighted by atomic mass is 10.1. The molecule has 0 aromatic heterocycles. The van der Waals surface area contributed by atoms with Gasteiger partial charge in [0.15, 0.2) is 0 Å². The Morgan fingerprint density at radius 3 is 2.81 bits per heavy atom. The normalized spacial score (nSPS) is 20.4. The monoisotopic (exact) mass is 315 g/mol. The molecule has 1 aliphatic heterocycles. The molecule has 0 radical (unpaired) electrons. The van der Waals surface area contributed by atoms with Gasteiger partial charge in [-0.3, -0.25) is 0 Å². The zero-order chi connectivity index (χ0) is 15.6. The zero-order valence-electron chi connectivity index (χ0n) is 11.5. The highest BCUT2D eigenvalue weighted by molar-refractivity contribution is 7.89. The maximum Gasteiger partial charge on any atom is 0.335 e. The van der Waals surface area contributed by atoms with Crippen molar-refractivity contribution in [3.8, 4) is 0 Å². The molecule has 1 saturated heterocycles. The van der Waals surface area contributed by atoms with Crippen LogP contribution in [0.4, 0.5) is 0 Å². The Balaban J connectivity index is 2.40. The van der Waals surface area contributed by atoms with Gasteiger partial charge in [0.2, 0.25) is 10.0 Å². The molecule has 1 aromatic rings. The van der Waals surface area contributed by atoms with Gasteiger partial charge in [-0.15, -0.1) is 0 Å². The Hall–Kier alpha value is -1.48. The Kier molecular flexibility index (Phi) is 4.62. The number of aliphatic hydroxyl groups is 1. The predicted octanol–water partition coefficient (Wildman–Crippen LogP) is 0.0750. The van der Waals surface area contributed by atoms with Crippen molar-refractivity contribution in [1.29, 1.82) is 0 Å². The van der Waals surface area contributed by atoms with Crippen LogP contribution in [0.15, 0.2) is 23.1 Å². The van der Waals surface area contributed by atoms with Crippen LogP contribution in [-0.4, -0.2) is 61.3 Å². The van der Waals surface area contributed by atoms with Gasteiger partial charge in [0.1, 0.15) is 0 Å². The Morgan fingerprint density at radius 2 is 2.19 bits per heavy atom. The molecule has 8 heteroatoms. The number of nitrogens with zero attached hydrogens (tertiary/aromatic N) is 1. The van der Waals surface area contributed by atoms with E-state index in [1.807, 2.05) is 0 Å². The predicted molar refractivity (Wildman–Crippen MR) is 73.7 cm³/mol. The molecule has 1 aliphatic rings. The summed E-state index contributed by atoms with van der Waals surface area (Å²) in [5, 5.41) is 18.2. The Morgan fingerprint density at radius 1 is 1.48 bits per heavy atom. The van der Waals surface area contributed by atoms with Gasteiger partial charge >= 0.3 is 5.97 Å². The molecule has 0 aliphatic carbocycles. The number of sulfonamides is 1. The van der Waals surface area contributed by atoms with Gasteiger partial charge in [-0.05, 0) is 24.6 Å². The molecular weight excluding hydrogens is 298 g/mol. The number of carboxylic acids is 1. The van der Waals surface area contributed by atoms with Crippen LogP contribution in [0.3, 0.4) is 0 Å². The van der Waals surface area contributed by atoms with Crippen molar-refractivity contribution < 1.29 is 28.2 Å². The molecule has 0 saturated carbocycles. The summed E-state index contributed by atoms with van der Waals surface area (Å²) in [5.41, 5.74) is 0.167. The second-order valence-corrected chi connectivity index (χ2v) is 6.68. The Bertz CT molecular complexity index is 642. The number of ether oxygens (including phenoxy) is 1. The second kappa shape index (κ2) is 6.10. The third kappa shape index (κ3) is 3.08. The van der Waals surface area contributed by atoms with Crippen molar-refractivity contribution in [2.75, 3.05) is 26.3 Å². The Labute approximate surface area is 122 Å². The van der Waals surface area contributed by atoms with Crippen LogP contribution in [0.5, 0.6) is 0 Å². The van der Waals surface area contributed by atoms with Gasteiger partial charge in [-0.25, -0.2) is 13.2 Å². The van der Waals surface area contributed by atoms with Gasteiger partial charge in [0.25, 0.3) is 0 Å². The van der Waals surface area contributed by atoms with E-state index < -0.39 is 22.1 Å². The lowest BCUT2D eigenvalue weighted by molar-refractivity contribution is -0.0304. The minimum absolute atomic E-state index is 0.0269. The number of carbonyl (C=O) groups is 1. The quantitative estimate of drug-likeness (QED) is 0.815. The fourth-order valence-corrected chi connectivity index (χ4v) is 3.99. The van der Waals surface area contributed by atoms with E-state index in [0.29, 0.717) is 0 Å². The van der Waals surface area contributed by atoms with Crippen LogP contribution in [0.1, 0.15) is 15.9 Å². The van der Waals surface area contributed by atoms with E-state index in [-0.39, 0.29) is 42.3 Å². The highest BCUT2D eigenvalue weighted by Crippen LogP contribution is 2.24. The first-order valence-corrected chi connectivity index (χ1v) is 7.87. The van der Waals surface area contributed by atoms with Crippen LogP contribution in [0, 0.1) is 6.92 Å². The topological polar surface area (TPSA) is 104 Å². The molecule has 2 N–H and O–H groups in total. The zero-order valence-corrected chi connectivity index (χ0v) is 12.3. The minimum atomic E-state index is -3.81. The molecule has 0 bridgehead atoms. The average Bonchev–Trinajstić information content (AvgIpc) is 2.47. The van der Waals surface area contributed by atoms with E-state index >= 15 is 0 Å². The molecule has 0 spiro atoms. The third-order valence-electron chi connectivity index (χ3n) is 3.44. The standard InChI is InChI=1S/C13H17NO6S/c1-9-11(13(16)17)3-2-4-12(9)21(18,19)14-5-6-20-10(7-14)8-15/h2-4,10,15H,5-8H2,1H3,(H,16,17). The van der Waals surface area contributed by atoms with E-state index in [0.717, 1.165) is 0 Å². The van der Waals surface area contributed by atoms with Gasteiger partial charge in [0.05, 0.1) is 29.8 Å². The maximum absolute atomic E-state index is 12.6. The molecule has 7 nitrogen and oxygen atoms in total. The first kappa shape index (κ1) is 15.9. The van der Waals surface area contributed by atoms with E-state index in [4.69, 9.17) is 14.9 Å². The molecule has 1 fully saturated rings. The van der Waals surface area contributed by atoms with E-state index in [9.17, 15) is 13.2 Å². The van der Waals surface area contributed by atoms with Crippen molar-refractivity contribution >= 4 is 16.0 Å². The molecule has 1 atom stereocenters. The van der Waals surface area contributed by atoms with Gasteiger partial charge < -0.3 is 14.9 Å². The summed E-state index contributed by atoms with van der Waals surface area (Å²) in [7, 11) is -3.81. The number of carboxylic acid groups (broad SMARTS) is 1. The molecule has 1 heterocycles. The van der Waals surface area contributed by atoms with E-state index in [2.05, 4.69) is 0 Å². The van der Waals surface area contributed by atoms with Crippen molar-refractivity contribution in [1.82, 2.24) is 4.31 Å². The highest BCUT2D eigenvalue weighted by atomic mass is 32.2. The van der Waals surface area contributed by atoms with Crippen molar-refractivity contribution in [3.05, 3.63) is 29.3 Å². The average molecular weight is 315 g/mol. The molecule has 1 aromatic carbocycles. The molecule has 21 heavy (non-hydrogen) atoms. The largest absolute Gasteiger partial charge is 0.478 e. The van der Waals surface area contributed by atoms with Crippen LogP contribution >= 0.6 is 0 Å². The van der Waals surface area contributed by atoms with Crippen LogP contribution < -0.4 is 0 Å². The van der Waals surface area contributed by atoms with Crippen molar-refractivity contribution in [2.45, 2.75) is 17.9 Å². The summed E-state index contributed by atoms with van der Waals surface area (Å²) < 4.78 is 31.7. The van der Waals surface area contributed by atoms with Crippen molar-refractivity contribution in [3.63, 3.8) is 0 Å². The lowest BCUT2D eigenvalue weighted by Crippen LogP contribution is -2.46. The molecule has 1 unspecified atom stereocenters. The molecule has 116 valence electrons. The number of benzene rings is 1. The fraction of sp³-hybridized carbons (Fsp3) is 0.462. The number of rotatable bonds is 4. The third-order valence-corrected chi connectivity index (χ3v) is 5.45. The van der Waals surface area contributed by atoms with E-state index in [1.165, 1.54) is 29.4 Å². The number of aromatic carboxylic acids is 1. The molecule has 2 rings (SSSR count). The number of morpholine rings is 1. The maximum atomic E-state index is 12.6. The van der Waals surface area contributed by atoms with Crippen LogP contribution in [-0.2, 0) is 14.8 Å². The van der Waals surface area contributed by atoms with Gasteiger partial charge in [0, 0.05) is 13.1 Å². The lowest BCUT2D eigenvalue weighted by Gasteiger charge is -2.31. The molecular formula is C13H17NO6S. The second-order valence-electron chi connectivity index (χ2n) is 4.77. The van der Waals surface area contributed by atoms with E-state index in [1.54, 1.807) is 0 Å². The molecule has 0 amide bonds. The summed E-state index contributed by atoms with van der Waals surface area (Å²) >= 11 is 0. The van der Waals surface area contributed by atoms with Crippen molar-refractivity contribution in [2.24, 2.45) is 0 Å². The summed E-state index contributed by atoms with van der Waals surface area (Å²) in [5.74, 6) is -1.17. The summed E-state index contributed by atoms with van der Waals surface area (Å²) in [6.07, 6.45) is -0.559. The van der Waals surface area contributed by atoms with Crippen LogP contribution in [0.2, 0.25) is 0 Å². The number of hydrogen-bond acceptors (Lipinski definition) is 5. The fourth-order valence-electron chi connectivity index (χ4n) is 2.29. The minimum Gasteiger partial charge on any atom is -0.478 e. The number of hydrogen-bond donors (Lipinski definition) is 2. The first-order chi connectivity index (χ1) is 9.87. The summed E-state index contributed by atoms with van der Waals surface area (Å²) in [6.45, 7) is 1.63. The first-order valence-electron chi connectivity index (χ1n) is 6.43. The smallest absolute Gasteiger partial charge is 0.335 e. The highest BCUT2D eigenvalue weighted by Gasteiger charge is 2.32. The number of aliphatic hydroxyl groups excluding tert-OH is 1.